The Balaban J connectivity index is 1.62. The fourth-order valence-electron chi connectivity index (χ4n) is 5.23. The molecule has 2 aliphatic rings. The van der Waals surface area contributed by atoms with Gasteiger partial charge in [0.15, 0.2) is 0 Å². The number of hydrogen-bond donors (Lipinski definition) is 2. The molecule has 162 valence electrons. The van der Waals surface area contributed by atoms with Crippen molar-refractivity contribution in [2.45, 2.75) is 77.5 Å². The van der Waals surface area contributed by atoms with Crippen molar-refractivity contribution in [2.24, 2.45) is 5.92 Å². The van der Waals surface area contributed by atoms with Crippen molar-refractivity contribution < 1.29 is 14.3 Å². The van der Waals surface area contributed by atoms with Gasteiger partial charge in [-0.15, -0.1) is 0 Å². The smallest absolute Gasteiger partial charge is 0.217 e. The van der Waals surface area contributed by atoms with Crippen LogP contribution < -0.4 is 10.1 Å². The Bertz CT molecular complexity index is 888. The molecule has 0 bridgehead atoms. The zero-order valence-corrected chi connectivity index (χ0v) is 18.5. The molecule has 1 saturated heterocycles. The van der Waals surface area contributed by atoms with E-state index in [1.165, 1.54) is 18.4 Å². The summed E-state index contributed by atoms with van der Waals surface area (Å²) < 4.78 is 12.2. The number of H-pyrrole nitrogens is 1. The van der Waals surface area contributed by atoms with Gasteiger partial charge >= 0.3 is 0 Å². The van der Waals surface area contributed by atoms with Crippen LogP contribution in [0.25, 0.3) is 0 Å². The molecule has 0 unspecified atom stereocenters. The second-order valence-electron chi connectivity index (χ2n) is 8.81. The van der Waals surface area contributed by atoms with E-state index in [4.69, 9.17) is 9.47 Å². The first-order chi connectivity index (χ1) is 14.5. The average molecular weight is 412 g/mol. The maximum Gasteiger partial charge on any atom is 0.217 e. The number of benzene rings is 1. The Kier molecular flexibility index (Phi) is 6.14. The molecule has 2 fully saturated rings. The third-order valence-corrected chi connectivity index (χ3v) is 6.79. The molecular formula is C24H33N3O3. The summed E-state index contributed by atoms with van der Waals surface area (Å²) in [6, 6.07) is 6.54. The van der Waals surface area contributed by atoms with Crippen LogP contribution in [-0.2, 0) is 16.0 Å². The highest BCUT2D eigenvalue weighted by molar-refractivity contribution is 5.73. The van der Waals surface area contributed by atoms with E-state index in [-0.39, 0.29) is 24.2 Å². The summed E-state index contributed by atoms with van der Waals surface area (Å²) in [5.41, 5.74) is 5.60. The molecule has 2 aromatic rings. The molecule has 1 aromatic heterocycles. The minimum Gasteiger partial charge on any atom is -0.496 e. The van der Waals surface area contributed by atoms with Crippen LogP contribution in [0.4, 0.5) is 0 Å². The predicted molar refractivity (Wildman–Crippen MR) is 116 cm³/mol. The number of amides is 1. The van der Waals surface area contributed by atoms with Crippen LogP contribution in [-0.4, -0.2) is 35.4 Å². The van der Waals surface area contributed by atoms with Crippen molar-refractivity contribution in [3.8, 4) is 5.75 Å². The van der Waals surface area contributed by atoms with E-state index in [2.05, 4.69) is 34.6 Å². The Morgan fingerprint density at radius 3 is 2.80 bits per heavy atom. The van der Waals surface area contributed by atoms with E-state index in [0.29, 0.717) is 5.92 Å². The van der Waals surface area contributed by atoms with Gasteiger partial charge in [0.1, 0.15) is 5.75 Å². The second-order valence-corrected chi connectivity index (χ2v) is 8.81. The van der Waals surface area contributed by atoms with Gasteiger partial charge < -0.3 is 14.8 Å². The minimum absolute atomic E-state index is 0.0163. The fourth-order valence-corrected chi connectivity index (χ4v) is 5.23. The van der Waals surface area contributed by atoms with Crippen molar-refractivity contribution in [3.05, 3.63) is 46.3 Å². The lowest BCUT2D eigenvalue weighted by atomic mass is 9.76. The van der Waals surface area contributed by atoms with E-state index in [0.717, 1.165) is 53.9 Å². The first-order valence-corrected chi connectivity index (χ1v) is 11.1. The number of nitrogens with one attached hydrogen (secondary N) is 2. The van der Waals surface area contributed by atoms with Crippen LogP contribution in [0.3, 0.4) is 0 Å². The average Bonchev–Trinajstić information content (AvgIpc) is 3.05. The Hall–Kier alpha value is -2.34. The van der Waals surface area contributed by atoms with Gasteiger partial charge in [0, 0.05) is 36.6 Å². The molecule has 2 N–H and O–H groups in total. The number of carbonyl (C=O) groups is 1. The summed E-state index contributed by atoms with van der Waals surface area (Å²) in [5.74, 6) is 1.35. The van der Waals surface area contributed by atoms with E-state index in [9.17, 15) is 4.79 Å². The van der Waals surface area contributed by atoms with Gasteiger partial charge in [0.25, 0.3) is 0 Å². The number of carbonyl (C=O) groups excluding carboxylic acids is 1. The third kappa shape index (κ3) is 4.24. The number of methoxy groups -OCH3 is 1. The van der Waals surface area contributed by atoms with Crippen molar-refractivity contribution in [3.63, 3.8) is 0 Å². The van der Waals surface area contributed by atoms with Crippen LogP contribution in [0.15, 0.2) is 18.2 Å². The quantitative estimate of drug-likeness (QED) is 0.775. The molecule has 0 radical (unpaired) electrons. The summed E-state index contributed by atoms with van der Waals surface area (Å²) in [5, 5.41) is 10.6. The van der Waals surface area contributed by atoms with Gasteiger partial charge in [-0.3, -0.25) is 9.89 Å². The molecule has 1 aromatic carbocycles. The first-order valence-electron chi connectivity index (χ1n) is 11.1. The van der Waals surface area contributed by atoms with E-state index >= 15 is 0 Å². The van der Waals surface area contributed by atoms with Crippen molar-refractivity contribution in [1.29, 1.82) is 0 Å². The number of aromatic nitrogens is 2. The lowest BCUT2D eigenvalue weighted by Gasteiger charge is -2.45. The summed E-state index contributed by atoms with van der Waals surface area (Å²) in [7, 11) is 1.71. The number of aryl methyl sites for hydroxylation is 2. The minimum atomic E-state index is -0.0163. The molecule has 4 rings (SSSR count). The van der Waals surface area contributed by atoms with Gasteiger partial charge in [-0.05, 0) is 56.4 Å². The molecule has 4 atom stereocenters. The summed E-state index contributed by atoms with van der Waals surface area (Å²) in [4.78, 5) is 11.8. The maximum absolute atomic E-state index is 11.8. The summed E-state index contributed by atoms with van der Waals surface area (Å²) >= 11 is 0. The van der Waals surface area contributed by atoms with Gasteiger partial charge in [0.05, 0.1) is 25.0 Å². The first kappa shape index (κ1) is 20.9. The van der Waals surface area contributed by atoms with Gasteiger partial charge in [0.2, 0.25) is 5.91 Å². The molecule has 6 nitrogen and oxygen atoms in total. The van der Waals surface area contributed by atoms with E-state index < -0.39 is 0 Å². The fraction of sp³-hybridized carbons (Fsp3) is 0.583. The van der Waals surface area contributed by atoms with Crippen molar-refractivity contribution >= 4 is 5.91 Å². The molecular weight excluding hydrogens is 378 g/mol. The molecule has 2 heterocycles. The predicted octanol–water partition coefficient (Wildman–Crippen LogP) is 4.15. The van der Waals surface area contributed by atoms with Crippen molar-refractivity contribution in [1.82, 2.24) is 15.5 Å². The van der Waals surface area contributed by atoms with Crippen LogP contribution in [0.1, 0.15) is 73.2 Å². The summed E-state index contributed by atoms with van der Waals surface area (Å²) in [6.07, 6.45) is 6.42. The monoisotopic (exact) mass is 411 g/mol. The van der Waals surface area contributed by atoms with E-state index in [1.54, 1.807) is 14.0 Å². The standard InChI is InChI=1S/C24H33N3O3/c1-14-20(15(2)27-26-14)12-18-11-17(9-10-22(18)29-4)24-13-21(25-16(3)28)19-7-5-6-8-23(19)30-24/h9-11,19,21,23-24H,5-8,12-13H2,1-4H3,(H,25,28)(H,26,27)/t19-,21+,23+,24+/m0/s1. The number of aromatic amines is 1. The Labute approximate surface area is 178 Å². The second kappa shape index (κ2) is 8.80. The van der Waals surface area contributed by atoms with E-state index in [1.807, 2.05) is 13.0 Å². The zero-order chi connectivity index (χ0) is 21.3. The number of ether oxygens (including phenoxy) is 2. The van der Waals surface area contributed by atoms with Crippen LogP contribution >= 0.6 is 0 Å². The Morgan fingerprint density at radius 1 is 1.30 bits per heavy atom. The number of hydrogen-bond acceptors (Lipinski definition) is 4. The molecule has 6 heteroatoms. The lowest BCUT2D eigenvalue weighted by Crippen LogP contribution is -2.50. The molecule has 1 aliphatic carbocycles. The Morgan fingerprint density at radius 2 is 2.10 bits per heavy atom. The number of nitrogens with zero attached hydrogens (tertiary/aromatic N) is 1. The molecule has 0 spiro atoms. The maximum atomic E-state index is 11.8. The highest BCUT2D eigenvalue weighted by Gasteiger charge is 2.40. The highest BCUT2D eigenvalue weighted by atomic mass is 16.5. The van der Waals surface area contributed by atoms with Crippen LogP contribution in [0.2, 0.25) is 0 Å². The molecule has 1 aliphatic heterocycles. The molecule has 30 heavy (non-hydrogen) atoms. The number of rotatable bonds is 5. The molecule has 1 saturated carbocycles. The topological polar surface area (TPSA) is 76.2 Å². The van der Waals surface area contributed by atoms with Crippen LogP contribution in [0.5, 0.6) is 5.75 Å². The lowest BCUT2D eigenvalue weighted by molar-refractivity contribution is -0.131. The zero-order valence-electron chi connectivity index (χ0n) is 18.5. The van der Waals surface area contributed by atoms with Crippen molar-refractivity contribution in [2.75, 3.05) is 7.11 Å². The molecule has 1 amide bonds. The van der Waals surface area contributed by atoms with Gasteiger partial charge in [-0.1, -0.05) is 18.9 Å². The summed E-state index contributed by atoms with van der Waals surface area (Å²) in [6.45, 7) is 5.70. The number of fused-ring (bicyclic) bond motifs is 1. The largest absolute Gasteiger partial charge is 0.496 e. The van der Waals surface area contributed by atoms with Crippen LogP contribution in [0, 0.1) is 19.8 Å². The SMILES string of the molecule is COc1ccc([C@H]2C[C@@H](NC(C)=O)[C@@H]3CCCC[C@H]3O2)cc1Cc1c(C)n[nH]c1C. The normalized spacial score (nSPS) is 26.1. The van der Waals surface area contributed by atoms with Gasteiger partial charge in [-0.2, -0.15) is 5.10 Å². The highest BCUT2D eigenvalue weighted by Crippen LogP contribution is 2.42. The third-order valence-electron chi connectivity index (χ3n) is 6.79. The van der Waals surface area contributed by atoms with Gasteiger partial charge in [-0.25, -0.2) is 0 Å².